The molecule has 0 radical (unpaired) electrons. The second kappa shape index (κ2) is 4.71. The summed E-state index contributed by atoms with van der Waals surface area (Å²) in [7, 11) is 0.902. The van der Waals surface area contributed by atoms with Crippen molar-refractivity contribution in [2.75, 3.05) is 5.75 Å². The summed E-state index contributed by atoms with van der Waals surface area (Å²) in [6, 6.07) is 0. The third-order valence-electron chi connectivity index (χ3n) is 1.80. The van der Waals surface area contributed by atoms with Crippen LogP contribution in [0.5, 0.6) is 0 Å². The molecular formula is C7H6F5N3O2S. The van der Waals surface area contributed by atoms with E-state index in [0.29, 0.717) is 16.3 Å². The fourth-order valence-corrected chi connectivity index (χ4v) is 1.60. The molecule has 11 heteroatoms. The van der Waals surface area contributed by atoms with Gasteiger partial charge in [0.05, 0.1) is 5.75 Å². The Morgan fingerprint density at radius 1 is 1.33 bits per heavy atom. The Morgan fingerprint density at radius 3 is 2.33 bits per heavy atom. The minimum absolute atomic E-state index is 0.337. The molecule has 0 aromatic carbocycles. The van der Waals surface area contributed by atoms with Crippen molar-refractivity contribution in [3.63, 3.8) is 0 Å². The maximum atomic E-state index is 13.0. The fourth-order valence-electron chi connectivity index (χ4n) is 0.967. The van der Waals surface area contributed by atoms with Gasteiger partial charge in [0.25, 0.3) is 0 Å². The van der Waals surface area contributed by atoms with Gasteiger partial charge in [0.2, 0.25) is 5.82 Å². The molecule has 5 nitrogen and oxygen atoms in total. The summed E-state index contributed by atoms with van der Waals surface area (Å²) in [5.41, 5.74) is 0. The molecule has 0 aliphatic heterocycles. The van der Waals surface area contributed by atoms with Gasteiger partial charge in [0.15, 0.2) is 5.16 Å². The third-order valence-corrected chi connectivity index (χ3v) is 2.80. The molecule has 0 aliphatic rings. The summed E-state index contributed by atoms with van der Waals surface area (Å²) < 4.78 is 62.6. The van der Waals surface area contributed by atoms with Crippen molar-refractivity contribution < 1.29 is 31.9 Å². The van der Waals surface area contributed by atoms with Crippen molar-refractivity contribution in [2.45, 2.75) is 17.3 Å². The third kappa shape index (κ3) is 2.71. The summed E-state index contributed by atoms with van der Waals surface area (Å²) in [6.07, 6.45) is -5.79. The number of aliphatic carboxylic acids is 1. The first kappa shape index (κ1) is 14.7. The number of halogens is 5. The second-order valence-electron chi connectivity index (χ2n) is 3.12. The SMILES string of the molecule is Cn1c(SCC(=O)O)nnc1C(F)(F)C(F)(F)F. The first-order valence-electron chi connectivity index (χ1n) is 4.26. The van der Waals surface area contributed by atoms with Gasteiger partial charge < -0.3 is 9.67 Å². The molecule has 0 unspecified atom stereocenters. The molecule has 1 N–H and O–H groups in total. The van der Waals surface area contributed by atoms with Crippen LogP contribution in [-0.2, 0) is 17.8 Å². The zero-order valence-electron chi connectivity index (χ0n) is 8.70. The van der Waals surface area contributed by atoms with Crippen molar-refractivity contribution in [1.29, 1.82) is 0 Å². The Morgan fingerprint density at radius 2 is 1.89 bits per heavy atom. The Bertz CT molecular complexity index is 458. The minimum Gasteiger partial charge on any atom is -0.481 e. The monoisotopic (exact) mass is 291 g/mol. The predicted octanol–water partition coefficient (Wildman–Crippen LogP) is 1.65. The lowest BCUT2D eigenvalue weighted by Crippen LogP contribution is -2.36. The molecule has 0 aliphatic carbocycles. The van der Waals surface area contributed by atoms with Crippen LogP contribution in [0.4, 0.5) is 22.0 Å². The molecule has 1 rings (SSSR count). The molecular weight excluding hydrogens is 285 g/mol. The summed E-state index contributed by atoms with van der Waals surface area (Å²) in [6.45, 7) is 0. The number of nitrogens with zero attached hydrogens (tertiary/aromatic N) is 3. The van der Waals surface area contributed by atoms with E-state index in [2.05, 4.69) is 10.2 Å². The first-order valence-corrected chi connectivity index (χ1v) is 5.25. The number of rotatable bonds is 4. The second-order valence-corrected chi connectivity index (χ2v) is 4.06. The maximum absolute atomic E-state index is 13.0. The van der Waals surface area contributed by atoms with Gasteiger partial charge in [-0.2, -0.15) is 22.0 Å². The van der Waals surface area contributed by atoms with E-state index < -0.39 is 29.6 Å². The lowest BCUT2D eigenvalue weighted by Gasteiger charge is -2.18. The van der Waals surface area contributed by atoms with Crippen LogP contribution in [0.2, 0.25) is 0 Å². The van der Waals surface area contributed by atoms with Gasteiger partial charge in [0, 0.05) is 7.05 Å². The van der Waals surface area contributed by atoms with Gasteiger partial charge in [-0.15, -0.1) is 10.2 Å². The van der Waals surface area contributed by atoms with Crippen LogP contribution in [0.15, 0.2) is 5.16 Å². The van der Waals surface area contributed by atoms with Gasteiger partial charge in [0.1, 0.15) is 0 Å². The van der Waals surface area contributed by atoms with E-state index in [4.69, 9.17) is 5.11 Å². The molecule has 102 valence electrons. The molecule has 0 amide bonds. The van der Waals surface area contributed by atoms with E-state index in [1.807, 2.05) is 0 Å². The summed E-state index contributed by atoms with van der Waals surface area (Å²) >= 11 is 0.492. The largest absolute Gasteiger partial charge is 0.481 e. The van der Waals surface area contributed by atoms with Gasteiger partial charge >= 0.3 is 18.1 Å². The van der Waals surface area contributed by atoms with Gasteiger partial charge in [-0.1, -0.05) is 11.8 Å². The normalized spacial score (nSPS) is 12.8. The molecule has 18 heavy (non-hydrogen) atoms. The van der Waals surface area contributed by atoms with Crippen molar-refractivity contribution >= 4 is 17.7 Å². The Labute approximate surface area is 101 Å². The molecule has 0 spiro atoms. The highest BCUT2D eigenvalue weighted by molar-refractivity contribution is 7.99. The number of hydrogen-bond donors (Lipinski definition) is 1. The fraction of sp³-hybridized carbons (Fsp3) is 0.571. The Balaban J connectivity index is 3.03. The molecule has 0 fully saturated rings. The van der Waals surface area contributed by atoms with E-state index in [1.165, 1.54) is 0 Å². The van der Waals surface area contributed by atoms with Gasteiger partial charge in [-0.05, 0) is 0 Å². The standard InChI is InChI=1S/C7H6F5N3O2S/c1-15-4(6(8,9)7(10,11)12)13-14-5(15)18-2-3(16)17/h2H2,1H3,(H,16,17). The van der Waals surface area contributed by atoms with Crippen LogP contribution in [0, 0.1) is 0 Å². The van der Waals surface area contributed by atoms with Crippen LogP contribution in [0.25, 0.3) is 0 Å². The number of thioether (sulfide) groups is 1. The molecule has 1 aromatic heterocycles. The maximum Gasteiger partial charge on any atom is 0.461 e. The van der Waals surface area contributed by atoms with Crippen LogP contribution in [-0.4, -0.2) is 37.8 Å². The number of hydrogen-bond acceptors (Lipinski definition) is 4. The Kier molecular flexibility index (Phi) is 3.84. The molecule has 0 saturated heterocycles. The molecule has 1 heterocycles. The topological polar surface area (TPSA) is 68.0 Å². The highest BCUT2D eigenvalue weighted by Gasteiger charge is 2.62. The zero-order chi connectivity index (χ0) is 14.1. The van der Waals surface area contributed by atoms with E-state index in [-0.39, 0.29) is 5.16 Å². The smallest absolute Gasteiger partial charge is 0.461 e. The van der Waals surface area contributed by atoms with E-state index in [9.17, 15) is 26.7 Å². The summed E-state index contributed by atoms with van der Waals surface area (Å²) in [5, 5.41) is 13.9. The summed E-state index contributed by atoms with van der Waals surface area (Å²) in [4.78, 5) is 10.2. The number of alkyl halides is 5. The Hall–Kier alpha value is -1.39. The zero-order valence-corrected chi connectivity index (χ0v) is 9.52. The average molecular weight is 291 g/mol. The molecule has 0 saturated carbocycles. The van der Waals surface area contributed by atoms with Crippen molar-refractivity contribution in [3.05, 3.63) is 5.82 Å². The lowest BCUT2D eigenvalue weighted by molar-refractivity contribution is -0.293. The quantitative estimate of drug-likeness (QED) is 0.675. The van der Waals surface area contributed by atoms with Crippen LogP contribution in [0.1, 0.15) is 5.82 Å². The highest BCUT2D eigenvalue weighted by atomic mass is 32.2. The summed E-state index contributed by atoms with van der Waals surface area (Å²) in [5.74, 6) is -8.50. The van der Waals surface area contributed by atoms with Crippen molar-refractivity contribution in [1.82, 2.24) is 14.8 Å². The van der Waals surface area contributed by atoms with Crippen molar-refractivity contribution in [2.24, 2.45) is 7.05 Å². The number of carboxylic acids is 1. The van der Waals surface area contributed by atoms with E-state index >= 15 is 0 Å². The van der Waals surface area contributed by atoms with Crippen LogP contribution in [0.3, 0.4) is 0 Å². The van der Waals surface area contributed by atoms with Crippen LogP contribution < -0.4 is 0 Å². The number of carboxylic acid groups (broad SMARTS) is 1. The van der Waals surface area contributed by atoms with Crippen LogP contribution >= 0.6 is 11.8 Å². The molecule has 0 atom stereocenters. The molecule has 0 bridgehead atoms. The molecule has 1 aromatic rings. The lowest BCUT2D eigenvalue weighted by atomic mass is 10.3. The minimum atomic E-state index is -5.79. The van der Waals surface area contributed by atoms with E-state index in [0.717, 1.165) is 7.05 Å². The number of aromatic nitrogens is 3. The predicted molar refractivity (Wildman–Crippen MR) is 49.3 cm³/mol. The highest BCUT2D eigenvalue weighted by Crippen LogP contribution is 2.43. The van der Waals surface area contributed by atoms with Gasteiger partial charge in [-0.25, -0.2) is 0 Å². The van der Waals surface area contributed by atoms with E-state index in [1.54, 1.807) is 0 Å². The van der Waals surface area contributed by atoms with Gasteiger partial charge in [-0.3, -0.25) is 4.79 Å². The van der Waals surface area contributed by atoms with Crippen molar-refractivity contribution in [3.8, 4) is 0 Å². The first-order chi connectivity index (χ1) is 8.07. The number of carbonyl (C=O) groups is 1. The average Bonchev–Trinajstić information content (AvgIpc) is 2.55.